The zero-order valence-electron chi connectivity index (χ0n) is 12.0. The van der Waals surface area contributed by atoms with Crippen LogP contribution in [0.4, 0.5) is 4.79 Å². The van der Waals surface area contributed by atoms with Crippen LogP contribution < -0.4 is 16.0 Å². The minimum absolute atomic E-state index is 0.243. The Morgan fingerprint density at radius 3 is 3.05 bits per heavy atom. The minimum Gasteiger partial charge on any atom is -0.383 e. The molecule has 3 N–H and O–H groups in total. The fraction of sp³-hybridized carbons (Fsp3) is 0.846. The summed E-state index contributed by atoms with van der Waals surface area (Å²) in [5, 5.41) is 8.31. The maximum atomic E-state index is 11.9. The predicted octanol–water partition coefficient (Wildman–Crippen LogP) is -0.858. The lowest BCUT2D eigenvalue weighted by Gasteiger charge is -2.36. The fourth-order valence-corrected chi connectivity index (χ4v) is 3.02. The Bertz CT molecular complexity index is 351. The number of methoxy groups -OCH3 is 1. The van der Waals surface area contributed by atoms with Crippen molar-refractivity contribution in [2.75, 3.05) is 46.4 Å². The maximum absolute atomic E-state index is 11.9. The topological polar surface area (TPSA) is 82.7 Å². The lowest BCUT2D eigenvalue weighted by molar-refractivity contribution is -0.122. The molecule has 0 aromatic heterocycles. The Morgan fingerprint density at radius 1 is 1.40 bits per heavy atom. The van der Waals surface area contributed by atoms with Crippen molar-refractivity contribution in [2.24, 2.45) is 5.92 Å². The molecule has 2 fully saturated rings. The van der Waals surface area contributed by atoms with E-state index < -0.39 is 6.03 Å². The molecule has 3 amide bonds. The van der Waals surface area contributed by atoms with Crippen molar-refractivity contribution in [3.05, 3.63) is 0 Å². The monoisotopic (exact) mass is 284 g/mol. The van der Waals surface area contributed by atoms with Crippen LogP contribution in [0.1, 0.15) is 12.8 Å². The number of ether oxygens (including phenoxy) is 1. The highest BCUT2D eigenvalue weighted by Crippen LogP contribution is 2.25. The van der Waals surface area contributed by atoms with Crippen molar-refractivity contribution in [1.29, 1.82) is 0 Å². The molecule has 2 aliphatic heterocycles. The zero-order valence-corrected chi connectivity index (χ0v) is 12.0. The summed E-state index contributed by atoms with van der Waals surface area (Å²) in [4.78, 5) is 25.5. The SMILES string of the molecule is COCCNC(=O)NC(=O)CN1CCCC2CNCC21. The molecule has 0 radical (unpaired) electrons. The Morgan fingerprint density at radius 2 is 2.25 bits per heavy atom. The molecule has 0 saturated carbocycles. The van der Waals surface area contributed by atoms with Crippen molar-refractivity contribution in [2.45, 2.75) is 18.9 Å². The molecule has 2 atom stereocenters. The Balaban J connectivity index is 1.72. The summed E-state index contributed by atoms with van der Waals surface area (Å²) in [7, 11) is 1.56. The van der Waals surface area contributed by atoms with Crippen LogP contribution in [0.2, 0.25) is 0 Å². The number of imide groups is 1. The third-order valence-corrected chi connectivity index (χ3v) is 3.98. The van der Waals surface area contributed by atoms with Crippen LogP contribution in [0.25, 0.3) is 0 Å². The normalized spacial score (nSPS) is 26.1. The van der Waals surface area contributed by atoms with Gasteiger partial charge in [-0.05, 0) is 31.8 Å². The highest BCUT2D eigenvalue weighted by atomic mass is 16.5. The number of carbonyl (C=O) groups is 2. The van der Waals surface area contributed by atoms with E-state index in [2.05, 4.69) is 20.9 Å². The molecule has 2 rings (SSSR count). The second-order valence-electron chi connectivity index (χ2n) is 5.40. The van der Waals surface area contributed by atoms with Gasteiger partial charge in [0, 0.05) is 26.2 Å². The van der Waals surface area contributed by atoms with E-state index in [0.717, 1.165) is 26.1 Å². The number of rotatable bonds is 5. The molecule has 7 heteroatoms. The van der Waals surface area contributed by atoms with Gasteiger partial charge in [0.25, 0.3) is 0 Å². The molecule has 0 aromatic rings. The standard InChI is InChI=1S/C13H24N4O3/c1-20-6-4-15-13(19)16-12(18)9-17-5-2-3-10-7-14-8-11(10)17/h10-11,14H,2-9H2,1H3,(H2,15,16,18,19). The summed E-state index contributed by atoms with van der Waals surface area (Å²) >= 11 is 0. The number of urea groups is 1. The van der Waals surface area contributed by atoms with Gasteiger partial charge in [0.1, 0.15) is 0 Å². The number of fused-ring (bicyclic) bond motifs is 1. The first kappa shape index (κ1) is 15.2. The van der Waals surface area contributed by atoms with E-state index in [1.165, 1.54) is 6.42 Å². The van der Waals surface area contributed by atoms with Crippen LogP contribution in [-0.2, 0) is 9.53 Å². The van der Waals surface area contributed by atoms with E-state index in [4.69, 9.17) is 4.74 Å². The molecular weight excluding hydrogens is 260 g/mol. The van der Waals surface area contributed by atoms with Gasteiger partial charge in [-0.25, -0.2) is 4.79 Å². The van der Waals surface area contributed by atoms with Crippen LogP contribution in [0.5, 0.6) is 0 Å². The van der Waals surface area contributed by atoms with Gasteiger partial charge in [-0.15, -0.1) is 0 Å². The minimum atomic E-state index is -0.454. The smallest absolute Gasteiger partial charge is 0.321 e. The lowest BCUT2D eigenvalue weighted by Crippen LogP contribution is -2.51. The van der Waals surface area contributed by atoms with E-state index in [0.29, 0.717) is 31.7 Å². The average molecular weight is 284 g/mol. The third-order valence-electron chi connectivity index (χ3n) is 3.98. The Hall–Kier alpha value is -1.18. The average Bonchev–Trinajstić information content (AvgIpc) is 2.88. The van der Waals surface area contributed by atoms with Gasteiger partial charge in [-0.2, -0.15) is 0 Å². The van der Waals surface area contributed by atoms with Crippen molar-refractivity contribution in [3.8, 4) is 0 Å². The fourth-order valence-electron chi connectivity index (χ4n) is 3.02. The summed E-state index contributed by atoms with van der Waals surface area (Å²) in [5.41, 5.74) is 0. The van der Waals surface area contributed by atoms with Crippen LogP contribution >= 0.6 is 0 Å². The van der Waals surface area contributed by atoms with E-state index >= 15 is 0 Å². The van der Waals surface area contributed by atoms with Gasteiger partial charge in [0.2, 0.25) is 5.91 Å². The van der Waals surface area contributed by atoms with E-state index in [9.17, 15) is 9.59 Å². The quantitative estimate of drug-likeness (QED) is 0.572. The van der Waals surface area contributed by atoms with Gasteiger partial charge in [0.15, 0.2) is 0 Å². The molecule has 0 aromatic carbocycles. The van der Waals surface area contributed by atoms with Gasteiger partial charge in [-0.3, -0.25) is 15.0 Å². The number of nitrogens with one attached hydrogen (secondary N) is 3. The summed E-state index contributed by atoms with van der Waals surface area (Å²) in [6.45, 7) is 4.04. The second kappa shape index (κ2) is 7.56. The van der Waals surface area contributed by atoms with Gasteiger partial charge in [0.05, 0.1) is 13.2 Å². The number of piperidine rings is 1. The first-order valence-corrected chi connectivity index (χ1v) is 7.22. The van der Waals surface area contributed by atoms with Crippen molar-refractivity contribution in [1.82, 2.24) is 20.9 Å². The summed E-state index contributed by atoms with van der Waals surface area (Å²) in [6, 6.07) is -0.0174. The van der Waals surface area contributed by atoms with Crippen LogP contribution in [0.15, 0.2) is 0 Å². The number of likely N-dealkylation sites (tertiary alicyclic amines) is 1. The molecule has 0 aliphatic carbocycles. The molecular formula is C13H24N4O3. The molecule has 2 aliphatic rings. The first-order valence-electron chi connectivity index (χ1n) is 7.22. The zero-order chi connectivity index (χ0) is 14.4. The molecule has 2 heterocycles. The summed E-state index contributed by atoms with van der Waals surface area (Å²) in [5.74, 6) is 0.402. The molecule has 114 valence electrons. The number of carbonyl (C=O) groups excluding carboxylic acids is 2. The van der Waals surface area contributed by atoms with Crippen LogP contribution in [0.3, 0.4) is 0 Å². The van der Waals surface area contributed by atoms with E-state index in [1.54, 1.807) is 7.11 Å². The largest absolute Gasteiger partial charge is 0.383 e. The Labute approximate surface area is 119 Å². The van der Waals surface area contributed by atoms with Gasteiger partial charge >= 0.3 is 6.03 Å². The summed E-state index contributed by atoms with van der Waals surface area (Å²) in [6.07, 6.45) is 2.35. The number of hydrogen-bond donors (Lipinski definition) is 3. The van der Waals surface area contributed by atoms with Crippen molar-refractivity contribution in [3.63, 3.8) is 0 Å². The highest BCUT2D eigenvalue weighted by molar-refractivity contribution is 5.95. The van der Waals surface area contributed by atoms with E-state index in [1.807, 2.05) is 0 Å². The molecule has 20 heavy (non-hydrogen) atoms. The molecule has 0 spiro atoms. The molecule has 0 bridgehead atoms. The van der Waals surface area contributed by atoms with Crippen LogP contribution in [-0.4, -0.2) is 69.3 Å². The Kier molecular flexibility index (Phi) is 5.75. The summed E-state index contributed by atoms with van der Waals surface area (Å²) < 4.78 is 4.82. The van der Waals surface area contributed by atoms with Gasteiger partial charge in [-0.1, -0.05) is 0 Å². The number of hydrogen-bond acceptors (Lipinski definition) is 5. The highest BCUT2D eigenvalue weighted by Gasteiger charge is 2.35. The number of amides is 3. The van der Waals surface area contributed by atoms with E-state index in [-0.39, 0.29) is 5.91 Å². The molecule has 7 nitrogen and oxygen atoms in total. The second-order valence-corrected chi connectivity index (χ2v) is 5.40. The van der Waals surface area contributed by atoms with Crippen LogP contribution in [0, 0.1) is 5.92 Å². The molecule has 2 unspecified atom stereocenters. The van der Waals surface area contributed by atoms with Crippen molar-refractivity contribution < 1.29 is 14.3 Å². The lowest BCUT2D eigenvalue weighted by atomic mass is 9.92. The predicted molar refractivity (Wildman–Crippen MR) is 74.4 cm³/mol. The maximum Gasteiger partial charge on any atom is 0.321 e. The van der Waals surface area contributed by atoms with Crippen molar-refractivity contribution >= 4 is 11.9 Å². The number of nitrogens with zero attached hydrogens (tertiary/aromatic N) is 1. The third kappa shape index (κ3) is 4.16. The first-order chi connectivity index (χ1) is 9.70. The van der Waals surface area contributed by atoms with Gasteiger partial charge < -0.3 is 15.4 Å². The molecule has 2 saturated heterocycles.